The fraction of sp³-hybridized carbons (Fsp3) is 0.143. The lowest BCUT2D eigenvalue weighted by molar-refractivity contribution is -0.131. The van der Waals surface area contributed by atoms with E-state index < -0.39 is 5.97 Å². The molecule has 0 aliphatic carbocycles. The molecule has 1 N–H and O–H groups in total. The van der Waals surface area contributed by atoms with E-state index in [-0.39, 0.29) is 5.91 Å². The van der Waals surface area contributed by atoms with E-state index in [4.69, 9.17) is 9.47 Å². The zero-order chi connectivity index (χ0) is 21.3. The molecule has 2 aromatic heterocycles. The summed E-state index contributed by atoms with van der Waals surface area (Å²) in [6, 6.07) is 13.8. The number of nitrogens with zero attached hydrogens (tertiary/aromatic N) is 3. The van der Waals surface area contributed by atoms with Gasteiger partial charge in [-0.3, -0.25) is 9.59 Å². The van der Waals surface area contributed by atoms with Crippen LogP contribution in [0.4, 0.5) is 5.82 Å². The van der Waals surface area contributed by atoms with Gasteiger partial charge in [0.25, 0.3) is 5.91 Å². The number of carbonyl (C=O) groups excluding carboxylic acids is 2. The summed E-state index contributed by atoms with van der Waals surface area (Å²) >= 11 is 1.44. The number of nitrogens with one attached hydrogen (secondary N) is 1. The Morgan fingerprint density at radius 3 is 2.70 bits per heavy atom. The van der Waals surface area contributed by atoms with Gasteiger partial charge in [0, 0.05) is 18.6 Å². The van der Waals surface area contributed by atoms with Crippen LogP contribution in [0.3, 0.4) is 0 Å². The topological polar surface area (TPSA) is 95.3 Å². The van der Waals surface area contributed by atoms with Crippen molar-refractivity contribution in [3.05, 3.63) is 59.8 Å². The molecule has 0 bridgehead atoms. The van der Waals surface area contributed by atoms with Crippen LogP contribution in [0.1, 0.15) is 23.0 Å². The van der Waals surface area contributed by atoms with E-state index in [1.54, 1.807) is 36.1 Å². The number of ether oxygens (including phenoxy) is 2. The molecule has 0 fully saturated rings. The van der Waals surface area contributed by atoms with Gasteiger partial charge in [-0.05, 0) is 43.3 Å². The first-order chi connectivity index (χ1) is 14.4. The number of amides is 1. The van der Waals surface area contributed by atoms with Crippen LogP contribution >= 0.6 is 11.3 Å². The highest BCUT2D eigenvalue weighted by Crippen LogP contribution is 2.30. The van der Waals surface area contributed by atoms with Gasteiger partial charge in [0.15, 0.2) is 0 Å². The highest BCUT2D eigenvalue weighted by Gasteiger charge is 2.16. The number of esters is 1. The quantitative estimate of drug-likeness (QED) is 0.386. The Bertz CT molecular complexity index is 1260. The summed E-state index contributed by atoms with van der Waals surface area (Å²) in [6.07, 6.45) is 0. The van der Waals surface area contributed by atoms with Crippen LogP contribution < -0.4 is 14.8 Å². The van der Waals surface area contributed by atoms with E-state index in [1.165, 1.54) is 24.3 Å². The van der Waals surface area contributed by atoms with Crippen LogP contribution in [-0.2, 0) is 4.79 Å². The van der Waals surface area contributed by atoms with Crippen molar-refractivity contribution >= 4 is 39.2 Å². The van der Waals surface area contributed by atoms with E-state index in [0.29, 0.717) is 22.3 Å². The monoisotopic (exact) mass is 422 g/mol. The van der Waals surface area contributed by atoms with Crippen LogP contribution in [0.15, 0.2) is 48.5 Å². The number of hydrogen-bond acceptors (Lipinski definition) is 7. The first-order valence-corrected chi connectivity index (χ1v) is 9.86. The third-order valence-corrected chi connectivity index (χ3v) is 5.19. The van der Waals surface area contributed by atoms with E-state index in [1.807, 2.05) is 25.1 Å². The summed E-state index contributed by atoms with van der Waals surface area (Å²) in [5.74, 6) is 0.735. The highest BCUT2D eigenvalue weighted by molar-refractivity contribution is 7.20. The molecule has 1 amide bonds. The third-order valence-electron chi connectivity index (χ3n) is 4.20. The maximum atomic E-state index is 12.8. The predicted molar refractivity (Wildman–Crippen MR) is 114 cm³/mol. The standard InChI is InChI=1S/C21H18N4O4S/c1-12-9-19(23-20(27)14-5-4-6-16(10-14)29-13(2)26)25(24-12)21-22-17-8-7-15(28-3)11-18(17)30-21/h4-11H,1-3H3,(H,23,27). The Hall–Kier alpha value is -3.72. The molecule has 0 atom stereocenters. The normalized spacial score (nSPS) is 10.8. The minimum absolute atomic E-state index is 0.306. The smallest absolute Gasteiger partial charge is 0.308 e. The van der Waals surface area contributed by atoms with Crippen LogP contribution in [0.25, 0.3) is 15.3 Å². The van der Waals surface area contributed by atoms with E-state index >= 15 is 0 Å². The fourth-order valence-electron chi connectivity index (χ4n) is 2.90. The molecule has 0 unspecified atom stereocenters. The number of aryl methyl sites for hydroxylation is 1. The molecule has 9 heteroatoms. The number of hydrogen-bond donors (Lipinski definition) is 1. The summed E-state index contributed by atoms with van der Waals surface area (Å²) in [7, 11) is 1.62. The second-order valence-electron chi connectivity index (χ2n) is 6.49. The van der Waals surface area contributed by atoms with Crippen molar-refractivity contribution in [1.29, 1.82) is 0 Å². The van der Waals surface area contributed by atoms with E-state index in [0.717, 1.165) is 21.7 Å². The van der Waals surface area contributed by atoms with E-state index in [2.05, 4.69) is 15.4 Å². The van der Waals surface area contributed by atoms with Gasteiger partial charge in [0.2, 0.25) is 5.13 Å². The molecule has 2 heterocycles. The van der Waals surface area contributed by atoms with E-state index in [9.17, 15) is 9.59 Å². The van der Waals surface area contributed by atoms with Crippen molar-refractivity contribution in [2.75, 3.05) is 12.4 Å². The number of aromatic nitrogens is 3. The van der Waals surface area contributed by atoms with Crippen LogP contribution in [0, 0.1) is 6.92 Å². The lowest BCUT2D eigenvalue weighted by atomic mass is 10.2. The van der Waals surface area contributed by atoms with Crippen LogP contribution in [0.5, 0.6) is 11.5 Å². The van der Waals surface area contributed by atoms with Gasteiger partial charge in [0.1, 0.15) is 17.3 Å². The van der Waals surface area contributed by atoms with Crippen molar-refractivity contribution in [2.45, 2.75) is 13.8 Å². The highest BCUT2D eigenvalue weighted by atomic mass is 32.1. The molecule has 0 saturated heterocycles. The zero-order valence-corrected chi connectivity index (χ0v) is 17.3. The molecular weight excluding hydrogens is 404 g/mol. The molecule has 0 spiro atoms. The SMILES string of the molecule is COc1ccc2nc(-n3nc(C)cc3NC(=O)c3cccc(OC(C)=O)c3)sc2c1. The van der Waals surface area contributed by atoms with Gasteiger partial charge in [-0.1, -0.05) is 17.4 Å². The molecule has 2 aromatic carbocycles. The van der Waals surface area contributed by atoms with Gasteiger partial charge in [-0.2, -0.15) is 9.78 Å². The number of methoxy groups -OCH3 is 1. The summed E-state index contributed by atoms with van der Waals surface area (Å²) in [5.41, 5.74) is 1.90. The number of fused-ring (bicyclic) bond motifs is 1. The van der Waals surface area contributed by atoms with Crippen LogP contribution in [0.2, 0.25) is 0 Å². The molecule has 30 heavy (non-hydrogen) atoms. The molecule has 4 aromatic rings. The molecule has 8 nitrogen and oxygen atoms in total. The zero-order valence-electron chi connectivity index (χ0n) is 16.5. The van der Waals surface area contributed by atoms with Gasteiger partial charge < -0.3 is 14.8 Å². The summed E-state index contributed by atoms with van der Waals surface area (Å²) in [5, 5.41) is 7.95. The van der Waals surface area contributed by atoms with Crippen molar-refractivity contribution in [3.63, 3.8) is 0 Å². The summed E-state index contributed by atoms with van der Waals surface area (Å²) in [6.45, 7) is 3.14. The second kappa shape index (κ2) is 7.96. The number of thiazole rings is 1. The predicted octanol–water partition coefficient (Wildman–Crippen LogP) is 3.98. The number of rotatable bonds is 5. The van der Waals surface area contributed by atoms with Gasteiger partial charge >= 0.3 is 5.97 Å². The summed E-state index contributed by atoms with van der Waals surface area (Å²) < 4.78 is 12.9. The molecule has 0 aliphatic rings. The average Bonchev–Trinajstić information content (AvgIpc) is 3.29. The Balaban J connectivity index is 1.64. The molecule has 0 saturated carbocycles. The average molecular weight is 422 g/mol. The minimum Gasteiger partial charge on any atom is -0.497 e. The second-order valence-corrected chi connectivity index (χ2v) is 7.50. The largest absolute Gasteiger partial charge is 0.497 e. The van der Waals surface area contributed by atoms with Gasteiger partial charge in [-0.15, -0.1) is 0 Å². The van der Waals surface area contributed by atoms with Crippen molar-refractivity contribution in [2.24, 2.45) is 0 Å². The Morgan fingerprint density at radius 1 is 1.10 bits per heavy atom. The molecule has 0 radical (unpaired) electrons. The van der Waals surface area contributed by atoms with Gasteiger partial charge in [0.05, 0.1) is 23.0 Å². The maximum Gasteiger partial charge on any atom is 0.308 e. The maximum absolute atomic E-state index is 12.8. The molecule has 0 aliphatic heterocycles. The fourth-order valence-corrected chi connectivity index (χ4v) is 3.86. The lowest BCUT2D eigenvalue weighted by Gasteiger charge is -2.08. The lowest BCUT2D eigenvalue weighted by Crippen LogP contribution is -2.15. The Morgan fingerprint density at radius 2 is 1.93 bits per heavy atom. The molecule has 152 valence electrons. The summed E-state index contributed by atoms with van der Waals surface area (Å²) in [4.78, 5) is 28.5. The minimum atomic E-state index is -0.450. The third kappa shape index (κ3) is 4.01. The Kier molecular flexibility index (Phi) is 5.20. The molecule has 4 rings (SSSR count). The molecular formula is C21H18N4O4S. The first kappa shape index (κ1) is 19.6. The Labute approximate surface area is 176 Å². The van der Waals surface area contributed by atoms with Crippen LogP contribution in [-0.4, -0.2) is 33.8 Å². The number of anilines is 1. The number of carbonyl (C=O) groups is 2. The number of benzene rings is 2. The van der Waals surface area contributed by atoms with Crippen molar-refractivity contribution in [3.8, 4) is 16.6 Å². The van der Waals surface area contributed by atoms with Crippen molar-refractivity contribution < 1.29 is 19.1 Å². The van der Waals surface area contributed by atoms with Gasteiger partial charge in [-0.25, -0.2) is 4.98 Å². The first-order valence-electron chi connectivity index (χ1n) is 9.04. The van der Waals surface area contributed by atoms with Crippen molar-refractivity contribution in [1.82, 2.24) is 14.8 Å².